The van der Waals surface area contributed by atoms with Crippen LogP contribution in [0.3, 0.4) is 0 Å². The first-order valence-corrected chi connectivity index (χ1v) is 7.07. The zero-order chi connectivity index (χ0) is 15.3. The van der Waals surface area contributed by atoms with E-state index in [0.29, 0.717) is 16.5 Å². The Balaban J connectivity index is 3.01. The average Bonchev–Trinajstić information content (AvgIpc) is 2.37. The summed E-state index contributed by atoms with van der Waals surface area (Å²) in [6.07, 6.45) is 1.97. The van der Waals surface area contributed by atoms with Gasteiger partial charge in [0.2, 0.25) is 0 Å². The predicted octanol–water partition coefficient (Wildman–Crippen LogP) is 3.69. The molecule has 0 bridgehead atoms. The van der Waals surface area contributed by atoms with Gasteiger partial charge in [-0.3, -0.25) is 11.3 Å². The molecule has 114 valence electrons. The Morgan fingerprint density at radius 1 is 1.25 bits per heavy atom. The van der Waals surface area contributed by atoms with Crippen molar-refractivity contribution in [3.8, 4) is 11.5 Å². The molecule has 20 heavy (non-hydrogen) atoms. The molecule has 0 spiro atoms. The average molecular weight is 301 g/mol. The lowest BCUT2D eigenvalue weighted by Gasteiger charge is -2.24. The van der Waals surface area contributed by atoms with E-state index in [4.69, 9.17) is 26.9 Å². The normalized spacial score (nSPS) is 13.2. The number of nitrogens with one attached hydrogen (secondary N) is 1. The molecule has 1 atom stereocenters. The lowest BCUT2D eigenvalue weighted by Crippen LogP contribution is -2.29. The molecule has 0 saturated heterocycles. The highest BCUT2D eigenvalue weighted by molar-refractivity contribution is 6.32. The molecule has 0 aliphatic heterocycles. The molecule has 1 unspecified atom stereocenters. The Hall–Kier alpha value is -0.970. The van der Waals surface area contributed by atoms with Crippen LogP contribution >= 0.6 is 11.6 Å². The van der Waals surface area contributed by atoms with Crippen LogP contribution in [0, 0.1) is 5.41 Å². The van der Waals surface area contributed by atoms with Crippen molar-refractivity contribution < 1.29 is 9.47 Å². The summed E-state index contributed by atoms with van der Waals surface area (Å²) in [5, 5.41) is 0.526. The Morgan fingerprint density at radius 2 is 1.90 bits per heavy atom. The number of nitrogens with two attached hydrogens (primary N) is 1. The zero-order valence-electron chi connectivity index (χ0n) is 12.9. The third-order valence-electron chi connectivity index (χ3n) is 3.24. The number of hydrogen-bond donors (Lipinski definition) is 2. The maximum absolute atomic E-state index is 6.23. The highest BCUT2D eigenvalue weighted by Crippen LogP contribution is 2.38. The van der Waals surface area contributed by atoms with Gasteiger partial charge in [0.05, 0.1) is 19.2 Å². The molecular formula is C15H25ClN2O2. The minimum atomic E-state index is 0.0338. The number of hydrogen-bond acceptors (Lipinski definition) is 4. The van der Waals surface area contributed by atoms with Crippen molar-refractivity contribution in [3.63, 3.8) is 0 Å². The molecule has 1 aromatic rings. The van der Waals surface area contributed by atoms with Crippen LogP contribution in [0.1, 0.15) is 45.2 Å². The summed E-state index contributed by atoms with van der Waals surface area (Å²) in [4.78, 5) is 0. The third kappa shape index (κ3) is 4.54. The van der Waals surface area contributed by atoms with E-state index in [-0.39, 0.29) is 11.5 Å². The third-order valence-corrected chi connectivity index (χ3v) is 3.52. The van der Waals surface area contributed by atoms with E-state index in [1.54, 1.807) is 14.2 Å². The fourth-order valence-electron chi connectivity index (χ4n) is 2.06. The topological polar surface area (TPSA) is 56.5 Å². The maximum Gasteiger partial charge on any atom is 0.179 e. The first-order chi connectivity index (χ1) is 9.32. The van der Waals surface area contributed by atoms with E-state index in [0.717, 1.165) is 18.4 Å². The standard InChI is InChI=1S/C15H25ClN2O2/c1-15(2,3)7-6-12(18-17)10-8-11(16)14(20-5)13(9-10)19-4/h8-9,12,18H,6-7,17H2,1-5H3. The molecule has 0 aliphatic carbocycles. The zero-order valence-corrected chi connectivity index (χ0v) is 13.7. The monoisotopic (exact) mass is 300 g/mol. The summed E-state index contributed by atoms with van der Waals surface area (Å²) in [7, 11) is 3.17. The van der Waals surface area contributed by atoms with Gasteiger partial charge in [-0.2, -0.15) is 0 Å². The molecule has 0 aliphatic rings. The van der Waals surface area contributed by atoms with E-state index in [1.807, 2.05) is 12.1 Å². The van der Waals surface area contributed by atoms with Gasteiger partial charge in [0.25, 0.3) is 0 Å². The first-order valence-electron chi connectivity index (χ1n) is 6.70. The molecule has 3 N–H and O–H groups in total. The Kier molecular flexibility index (Phi) is 6.11. The SMILES string of the molecule is COc1cc(C(CCC(C)(C)C)NN)cc(Cl)c1OC. The van der Waals surface area contributed by atoms with Gasteiger partial charge in [-0.15, -0.1) is 0 Å². The van der Waals surface area contributed by atoms with Crippen molar-refractivity contribution in [2.24, 2.45) is 11.3 Å². The molecule has 5 heteroatoms. The fourth-order valence-corrected chi connectivity index (χ4v) is 2.36. The molecule has 0 aromatic heterocycles. The largest absolute Gasteiger partial charge is 0.493 e. The molecule has 0 radical (unpaired) electrons. The van der Waals surface area contributed by atoms with E-state index in [2.05, 4.69) is 26.2 Å². The van der Waals surface area contributed by atoms with Crippen molar-refractivity contribution in [2.45, 2.75) is 39.7 Å². The van der Waals surface area contributed by atoms with Gasteiger partial charge in [-0.05, 0) is 36.0 Å². The number of hydrazine groups is 1. The molecule has 0 fully saturated rings. The Labute approximate surface area is 126 Å². The predicted molar refractivity (Wildman–Crippen MR) is 83.3 cm³/mol. The van der Waals surface area contributed by atoms with Crippen molar-refractivity contribution in [3.05, 3.63) is 22.7 Å². The minimum Gasteiger partial charge on any atom is -0.493 e. The van der Waals surface area contributed by atoms with Crippen molar-refractivity contribution >= 4 is 11.6 Å². The van der Waals surface area contributed by atoms with Crippen LogP contribution in [-0.4, -0.2) is 14.2 Å². The molecule has 0 heterocycles. The first kappa shape index (κ1) is 17.1. The van der Waals surface area contributed by atoms with E-state index in [1.165, 1.54) is 0 Å². The molecule has 4 nitrogen and oxygen atoms in total. The van der Waals surface area contributed by atoms with Crippen LogP contribution < -0.4 is 20.7 Å². The molecule has 1 rings (SSSR count). The maximum atomic E-state index is 6.23. The van der Waals surface area contributed by atoms with Crippen molar-refractivity contribution in [1.82, 2.24) is 5.43 Å². The van der Waals surface area contributed by atoms with Gasteiger partial charge in [0.15, 0.2) is 11.5 Å². The minimum absolute atomic E-state index is 0.0338. The fraction of sp³-hybridized carbons (Fsp3) is 0.600. The van der Waals surface area contributed by atoms with E-state index < -0.39 is 0 Å². The highest BCUT2D eigenvalue weighted by Gasteiger charge is 2.19. The smallest absolute Gasteiger partial charge is 0.179 e. The summed E-state index contributed by atoms with van der Waals surface area (Å²) < 4.78 is 10.6. The number of halogens is 1. The van der Waals surface area contributed by atoms with Crippen LogP contribution in [0.15, 0.2) is 12.1 Å². The highest BCUT2D eigenvalue weighted by atomic mass is 35.5. The number of ether oxygens (including phenoxy) is 2. The number of benzene rings is 1. The van der Waals surface area contributed by atoms with Crippen LogP contribution in [-0.2, 0) is 0 Å². The van der Waals surface area contributed by atoms with E-state index in [9.17, 15) is 0 Å². The van der Waals surface area contributed by atoms with Gasteiger partial charge in [-0.1, -0.05) is 32.4 Å². The van der Waals surface area contributed by atoms with E-state index >= 15 is 0 Å². The summed E-state index contributed by atoms with van der Waals surface area (Å²) in [6.45, 7) is 6.63. The number of rotatable bonds is 6. The molecular weight excluding hydrogens is 276 g/mol. The van der Waals surface area contributed by atoms with Crippen LogP contribution in [0.2, 0.25) is 5.02 Å². The lowest BCUT2D eigenvalue weighted by molar-refractivity contribution is 0.331. The van der Waals surface area contributed by atoms with Crippen LogP contribution in [0.4, 0.5) is 0 Å². The molecule has 0 saturated carbocycles. The van der Waals surface area contributed by atoms with Gasteiger partial charge >= 0.3 is 0 Å². The van der Waals surface area contributed by atoms with Gasteiger partial charge in [0.1, 0.15) is 0 Å². The summed E-state index contributed by atoms with van der Waals surface area (Å²) in [5.74, 6) is 6.84. The second kappa shape index (κ2) is 7.16. The van der Waals surface area contributed by atoms with Crippen molar-refractivity contribution in [2.75, 3.05) is 14.2 Å². The quantitative estimate of drug-likeness (QED) is 0.621. The summed E-state index contributed by atoms with van der Waals surface area (Å²) in [6, 6.07) is 3.82. The van der Waals surface area contributed by atoms with Crippen LogP contribution in [0.25, 0.3) is 0 Å². The Bertz CT molecular complexity index is 444. The number of methoxy groups -OCH3 is 2. The second-order valence-corrected chi connectivity index (χ2v) is 6.46. The molecule has 0 amide bonds. The van der Waals surface area contributed by atoms with Gasteiger partial charge < -0.3 is 9.47 Å². The lowest BCUT2D eigenvalue weighted by atomic mass is 9.87. The second-order valence-electron chi connectivity index (χ2n) is 6.06. The van der Waals surface area contributed by atoms with Crippen LogP contribution in [0.5, 0.6) is 11.5 Å². The van der Waals surface area contributed by atoms with Gasteiger partial charge in [0, 0.05) is 6.04 Å². The molecule has 1 aromatic carbocycles. The van der Waals surface area contributed by atoms with Crippen molar-refractivity contribution in [1.29, 1.82) is 0 Å². The van der Waals surface area contributed by atoms with Gasteiger partial charge in [-0.25, -0.2) is 0 Å². The summed E-state index contributed by atoms with van der Waals surface area (Å²) in [5.41, 5.74) is 4.11. The summed E-state index contributed by atoms with van der Waals surface area (Å²) >= 11 is 6.23. The Morgan fingerprint density at radius 3 is 2.35 bits per heavy atom.